The molecule has 1 unspecified atom stereocenters. The monoisotopic (exact) mass is 349 g/mol. The molecule has 2 aromatic carbocycles. The lowest BCUT2D eigenvalue weighted by atomic mass is 10.1. The molecular formula is C21H23N3O2. The molecule has 0 bridgehead atoms. The van der Waals surface area contributed by atoms with Gasteiger partial charge < -0.3 is 15.4 Å². The zero-order valence-corrected chi connectivity index (χ0v) is 15.0. The Morgan fingerprint density at radius 2 is 2.00 bits per heavy atom. The van der Waals surface area contributed by atoms with E-state index < -0.39 is 5.91 Å². The molecule has 0 aromatic heterocycles. The maximum absolute atomic E-state index is 12.2. The predicted molar refractivity (Wildman–Crippen MR) is 101 cm³/mol. The van der Waals surface area contributed by atoms with Crippen molar-refractivity contribution < 1.29 is 9.53 Å². The maximum Gasteiger partial charge on any atom is 0.263 e. The Bertz CT molecular complexity index is 794. The van der Waals surface area contributed by atoms with Gasteiger partial charge in [0.2, 0.25) is 0 Å². The van der Waals surface area contributed by atoms with Crippen LogP contribution in [0.3, 0.4) is 0 Å². The molecule has 1 amide bonds. The van der Waals surface area contributed by atoms with E-state index in [9.17, 15) is 10.1 Å². The summed E-state index contributed by atoms with van der Waals surface area (Å²) in [6.07, 6.45) is 2.22. The fraction of sp³-hybridized carbons (Fsp3) is 0.238. The topological polar surface area (TPSA) is 74.1 Å². The number of rotatable bonds is 8. The molecule has 0 saturated carbocycles. The normalized spacial score (nSPS) is 12.0. The van der Waals surface area contributed by atoms with Gasteiger partial charge in [0.05, 0.1) is 13.2 Å². The Morgan fingerprint density at radius 3 is 2.69 bits per heavy atom. The van der Waals surface area contributed by atoms with E-state index in [1.165, 1.54) is 6.20 Å². The molecule has 0 heterocycles. The molecule has 5 heteroatoms. The number of carbonyl (C=O) groups is 1. The molecule has 0 radical (unpaired) electrons. The van der Waals surface area contributed by atoms with Crippen LogP contribution in [-0.4, -0.2) is 19.6 Å². The van der Waals surface area contributed by atoms with Gasteiger partial charge in [-0.1, -0.05) is 42.5 Å². The summed E-state index contributed by atoms with van der Waals surface area (Å²) < 4.78 is 5.19. The van der Waals surface area contributed by atoms with Crippen molar-refractivity contribution in [2.75, 3.05) is 13.7 Å². The van der Waals surface area contributed by atoms with E-state index in [1.54, 1.807) is 7.11 Å². The summed E-state index contributed by atoms with van der Waals surface area (Å²) in [7, 11) is 1.63. The van der Waals surface area contributed by atoms with E-state index >= 15 is 0 Å². The van der Waals surface area contributed by atoms with Crippen molar-refractivity contribution in [3.63, 3.8) is 0 Å². The highest BCUT2D eigenvalue weighted by atomic mass is 16.5. The van der Waals surface area contributed by atoms with E-state index in [0.29, 0.717) is 6.54 Å². The molecule has 0 aliphatic heterocycles. The summed E-state index contributed by atoms with van der Waals surface area (Å²) in [5.74, 6) is 0.419. The number of ether oxygens (including phenoxy) is 1. The number of nitriles is 1. The Labute approximate surface area is 154 Å². The Kier molecular flexibility index (Phi) is 7.26. The highest BCUT2D eigenvalue weighted by Crippen LogP contribution is 2.13. The number of hydrogen-bond acceptors (Lipinski definition) is 4. The molecule has 1 atom stereocenters. The highest BCUT2D eigenvalue weighted by Gasteiger charge is 2.13. The van der Waals surface area contributed by atoms with Crippen LogP contribution in [0, 0.1) is 11.3 Å². The third-order valence-electron chi connectivity index (χ3n) is 3.95. The van der Waals surface area contributed by atoms with Crippen molar-refractivity contribution in [1.29, 1.82) is 5.26 Å². The van der Waals surface area contributed by atoms with Crippen LogP contribution >= 0.6 is 0 Å². The van der Waals surface area contributed by atoms with E-state index in [1.807, 2.05) is 67.6 Å². The number of hydrogen-bond donors (Lipinski definition) is 2. The van der Waals surface area contributed by atoms with Gasteiger partial charge in [0.15, 0.2) is 0 Å². The van der Waals surface area contributed by atoms with Crippen molar-refractivity contribution in [3.05, 3.63) is 77.5 Å². The lowest BCUT2D eigenvalue weighted by Gasteiger charge is -2.13. The van der Waals surface area contributed by atoms with Crippen molar-refractivity contribution in [1.82, 2.24) is 10.6 Å². The Balaban J connectivity index is 1.86. The molecule has 2 aromatic rings. The smallest absolute Gasteiger partial charge is 0.263 e. The summed E-state index contributed by atoms with van der Waals surface area (Å²) in [6, 6.07) is 19.2. The first-order valence-corrected chi connectivity index (χ1v) is 8.46. The summed E-state index contributed by atoms with van der Waals surface area (Å²) in [5.41, 5.74) is 2.16. The van der Waals surface area contributed by atoms with Crippen molar-refractivity contribution in [2.24, 2.45) is 0 Å². The quantitative estimate of drug-likeness (QED) is 0.436. The van der Waals surface area contributed by atoms with Crippen LogP contribution < -0.4 is 15.4 Å². The van der Waals surface area contributed by atoms with Gasteiger partial charge in [-0.3, -0.25) is 4.79 Å². The third-order valence-corrected chi connectivity index (χ3v) is 3.95. The zero-order valence-electron chi connectivity index (χ0n) is 15.0. The molecule has 2 rings (SSSR count). The first kappa shape index (κ1) is 19.1. The van der Waals surface area contributed by atoms with Gasteiger partial charge in [0.25, 0.3) is 5.91 Å². The van der Waals surface area contributed by atoms with Crippen molar-refractivity contribution in [3.8, 4) is 11.8 Å². The molecule has 0 fully saturated rings. The molecule has 134 valence electrons. The van der Waals surface area contributed by atoms with Crippen LogP contribution in [0.2, 0.25) is 0 Å². The number of nitrogens with zero attached hydrogens (tertiary/aromatic N) is 1. The maximum atomic E-state index is 12.2. The molecular weight excluding hydrogens is 326 g/mol. The number of carbonyl (C=O) groups excluding carboxylic acids is 1. The molecule has 2 N–H and O–H groups in total. The van der Waals surface area contributed by atoms with E-state index in [4.69, 9.17) is 4.74 Å². The molecule has 26 heavy (non-hydrogen) atoms. The fourth-order valence-electron chi connectivity index (χ4n) is 2.47. The van der Waals surface area contributed by atoms with Gasteiger partial charge in [0, 0.05) is 12.7 Å². The zero-order chi connectivity index (χ0) is 18.8. The number of methoxy groups -OCH3 is 1. The van der Waals surface area contributed by atoms with Gasteiger partial charge in [-0.15, -0.1) is 0 Å². The minimum Gasteiger partial charge on any atom is -0.497 e. The molecule has 0 spiro atoms. The summed E-state index contributed by atoms with van der Waals surface area (Å²) in [4.78, 5) is 12.2. The summed E-state index contributed by atoms with van der Waals surface area (Å²) in [6.45, 7) is 2.50. The summed E-state index contributed by atoms with van der Waals surface area (Å²) >= 11 is 0. The number of nitrogens with one attached hydrogen (secondary N) is 2. The van der Waals surface area contributed by atoms with Crippen LogP contribution in [0.15, 0.2) is 66.4 Å². The molecule has 0 saturated heterocycles. The van der Waals surface area contributed by atoms with Crippen LogP contribution in [0.4, 0.5) is 0 Å². The van der Waals surface area contributed by atoms with Crippen molar-refractivity contribution >= 4 is 5.91 Å². The third kappa shape index (κ3) is 5.67. The second kappa shape index (κ2) is 9.90. The fourth-order valence-corrected chi connectivity index (χ4v) is 2.47. The van der Waals surface area contributed by atoms with Crippen LogP contribution in [0.1, 0.15) is 24.1 Å². The minimum absolute atomic E-state index is 0.0541. The molecule has 0 aliphatic rings. The van der Waals surface area contributed by atoms with Gasteiger partial charge in [-0.2, -0.15) is 5.26 Å². The van der Waals surface area contributed by atoms with Crippen LogP contribution in [0.25, 0.3) is 0 Å². The van der Waals surface area contributed by atoms with Gasteiger partial charge >= 0.3 is 0 Å². The van der Waals surface area contributed by atoms with Gasteiger partial charge in [-0.05, 0) is 36.6 Å². The predicted octanol–water partition coefficient (Wildman–Crippen LogP) is 3.11. The first-order valence-electron chi connectivity index (χ1n) is 8.46. The van der Waals surface area contributed by atoms with Crippen molar-refractivity contribution in [2.45, 2.75) is 19.4 Å². The second-order valence-electron chi connectivity index (χ2n) is 5.83. The SMILES string of the molecule is COc1cccc(CCN/C=C(/C#N)C(=O)NC(C)c2ccccc2)c1. The van der Waals surface area contributed by atoms with Crippen LogP contribution in [0.5, 0.6) is 5.75 Å². The summed E-state index contributed by atoms with van der Waals surface area (Å²) in [5, 5.41) is 15.1. The largest absolute Gasteiger partial charge is 0.497 e. The van der Waals surface area contributed by atoms with Crippen LogP contribution in [-0.2, 0) is 11.2 Å². The average Bonchev–Trinajstić information content (AvgIpc) is 2.68. The van der Waals surface area contributed by atoms with E-state index in [2.05, 4.69) is 10.6 Å². The molecule has 0 aliphatic carbocycles. The Hall–Kier alpha value is -3.26. The number of benzene rings is 2. The lowest BCUT2D eigenvalue weighted by molar-refractivity contribution is -0.117. The highest BCUT2D eigenvalue weighted by molar-refractivity contribution is 5.97. The second-order valence-corrected chi connectivity index (χ2v) is 5.83. The average molecular weight is 349 g/mol. The lowest BCUT2D eigenvalue weighted by Crippen LogP contribution is -2.28. The first-order chi connectivity index (χ1) is 12.6. The number of amides is 1. The van der Waals surface area contributed by atoms with Gasteiger partial charge in [0.1, 0.15) is 17.4 Å². The van der Waals surface area contributed by atoms with Gasteiger partial charge in [-0.25, -0.2) is 0 Å². The minimum atomic E-state index is -0.391. The Morgan fingerprint density at radius 1 is 1.23 bits per heavy atom. The van der Waals surface area contributed by atoms with E-state index in [0.717, 1.165) is 23.3 Å². The van der Waals surface area contributed by atoms with E-state index in [-0.39, 0.29) is 11.6 Å². The standard InChI is InChI=1S/C21H23N3O2/c1-16(18-8-4-3-5-9-18)24-21(25)19(14-22)15-23-12-11-17-7-6-10-20(13-17)26-2/h3-10,13,15-16,23H,11-12H2,1-2H3,(H,24,25)/b19-15-. The molecule has 5 nitrogen and oxygen atoms in total.